The van der Waals surface area contributed by atoms with Gasteiger partial charge < -0.3 is 9.53 Å². The van der Waals surface area contributed by atoms with E-state index in [9.17, 15) is 9.59 Å². The van der Waals surface area contributed by atoms with Crippen LogP contribution in [-0.2, 0) is 14.3 Å². The first-order valence-electron chi connectivity index (χ1n) is 5.03. The monoisotopic (exact) mass is 197 g/mol. The van der Waals surface area contributed by atoms with E-state index in [0.717, 1.165) is 32.2 Å². The zero-order valence-corrected chi connectivity index (χ0v) is 8.31. The van der Waals surface area contributed by atoms with E-state index in [1.54, 1.807) is 0 Å². The van der Waals surface area contributed by atoms with Crippen LogP contribution in [0, 0.1) is 11.8 Å². The number of hydrogen-bond acceptors (Lipinski definition) is 4. The molecule has 3 aliphatic heterocycles. The highest BCUT2D eigenvalue weighted by atomic mass is 16.5. The maximum absolute atomic E-state index is 11.4. The number of hydrogen-bond donors (Lipinski definition) is 0. The molecule has 78 valence electrons. The first-order chi connectivity index (χ1) is 6.76. The number of nitrogens with zero attached hydrogens (tertiary/aromatic N) is 1. The highest BCUT2D eigenvalue weighted by Crippen LogP contribution is 2.35. The SMILES string of the molecule is COC(=O)C1CC2CCN1CC2C=O. The van der Waals surface area contributed by atoms with E-state index in [-0.39, 0.29) is 17.9 Å². The first kappa shape index (κ1) is 9.65. The van der Waals surface area contributed by atoms with Gasteiger partial charge in [-0.3, -0.25) is 9.69 Å². The molecule has 2 bridgehead atoms. The fourth-order valence-corrected chi connectivity index (χ4v) is 2.60. The number of carbonyl (C=O) groups excluding carboxylic acids is 2. The minimum Gasteiger partial charge on any atom is -0.468 e. The summed E-state index contributed by atoms with van der Waals surface area (Å²) in [7, 11) is 1.42. The molecule has 4 unspecified atom stereocenters. The number of aldehydes is 1. The van der Waals surface area contributed by atoms with Gasteiger partial charge in [0.05, 0.1) is 7.11 Å². The number of carbonyl (C=O) groups is 2. The number of methoxy groups -OCH3 is 1. The summed E-state index contributed by atoms with van der Waals surface area (Å²) in [4.78, 5) is 24.2. The van der Waals surface area contributed by atoms with Gasteiger partial charge in [0.25, 0.3) is 0 Å². The van der Waals surface area contributed by atoms with Crippen LogP contribution in [0.1, 0.15) is 12.8 Å². The molecule has 0 radical (unpaired) electrons. The molecule has 14 heavy (non-hydrogen) atoms. The zero-order valence-electron chi connectivity index (χ0n) is 8.31. The Morgan fingerprint density at radius 3 is 2.86 bits per heavy atom. The van der Waals surface area contributed by atoms with E-state index in [2.05, 4.69) is 4.90 Å². The van der Waals surface area contributed by atoms with Crippen molar-refractivity contribution in [3.05, 3.63) is 0 Å². The topological polar surface area (TPSA) is 46.6 Å². The highest BCUT2D eigenvalue weighted by molar-refractivity contribution is 5.76. The van der Waals surface area contributed by atoms with Crippen molar-refractivity contribution in [2.45, 2.75) is 18.9 Å². The fourth-order valence-electron chi connectivity index (χ4n) is 2.60. The predicted molar refractivity (Wildman–Crippen MR) is 49.7 cm³/mol. The van der Waals surface area contributed by atoms with Crippen molar-refractivity contribution in [1.82, 2.24) is 4.90 Å². The summed E-state index contributed by atoms with van der Waals surface area (Å²) in [5.74, 6) is 0.366. The van der Waals surface area contributed by atoms with Gasteiger partial charge in [-0.25, -0.2) is 0 Å². The molecule has 0 aromatic heterocycles. The van der Waals surface area contributed by atoms with Crippen molar-refractivity contribution in [2.24, 2.45) is 11.8 Å². The maximum Gasteiger partial charge on any atom is 0.323 e. The summed E-state index contributed by atoms with van der Waals surface area (Å²) in [6.07, 6.45) is 2.86. The first-order valence-corrected chi connectivity index (χ1v) is 5.03. The molecule has 3 aliphatic rings. The molecule has 3 fully saturated rings. The molecule has 0 saturated carbocycles. The quantitative estimate of drug-likeness (QED) is 0.464. The van der Waals surface area contributed by atoms with Crippen molar-refractivity contribution >= 4 is 12.3 Å². The number of esters is 1. The molecule has 4 atom stereocenters. The van der Waals surface area contributed by atoms with Gasteiger partial charge in [0.15, 0.2) is 0 Å². The lowest BCUT2D eigenvalue weighted by Crippen LogP contribution is -2.56. The van der Waals surface area contributed by atoms with Gasteiger partial charge in [0.1, 0.15) is 12.3 Å². The Hall–Kier alpha value is -0.900. The molecule has 4 heteroatoms. The van der Waals surface area contributed by atoms with Gasteiger partial charge in [0.2, 0.25) is 0 Å². The number of rotatable bonds is 2. The molecule has 0 amide bonds. The third kappa shape index (κ3) is 1.43. The summed E-state index contributed by atoms with van der Waals surface area (Å²) >= 11 is 0. The Balaban J connectivity index is 2.07. The lowest BCUT2D eigenvalue weighted by molar-refractivity contribution is -0.154. The van der Waals surface area contributed by atoms with Gasteiger partial charge in [-0.1, -0.05) is 0 Å². The lowest BCUT2D eigenvalue weighted by atomic mass is 9.76. The van der Waals surface area contributed by atoms with Crippen molar-refractivity contribution in [1.29, 1.82) is 0 Å². The van der Waals surface area contributed by atoms with Gasteiger partial charge in [-0.2, -0.15) is 0 Å². The Kier molecular flexibility index (Phi) is 2.54. The molecule has 3 saturated heterocycles. The standard InChI is InChI=1S/C10H15NO3/c1-14-10(13)9-4-7-2-3-11(9)5-8(7)6-12/h6-9H,2-5H2,1H3. The normalized spacial score (nSPS) is 40.6. The molecule has 0 N–H and O–H groups in total. The van der Waals surface area contributed by atoms with E-state index >= 15 is 0 Å². The second kappa shape index (κ2) is 3.69. The van der Waals surface area contributed by atoms with Crippen LogP contribution >= 0.6 is 0 Å². The van der Waals surface area contributed by atoms with E-state index in [1.807, 2.05) is 0 Å². The minimum atomic E-state index is -0.154. The summed E-state index contributed by atoms with van der Waals surface area (Å²) in [5, 5.41) is 0. The summed E-state index contributed by atoms with van der Waals surface area (Å²) < 4.78 is 4.74. The largest absolute Gasteiger partial charge is 0.468 e. The van der Waals surface area contributed by atoms with Crippen LogP contribution in [0.4, 0.5) is 0 Å². The maximum atomic E-state index is 11.4. The van der Waals surface area contributed by atoms with Crippen LogP contribution in [0.25, 0.3) is 0 Å². The summed E-state index contributed by atoms with van der Waals surface area (Å²) in [6, 6.07) is -0.102. The molecule has 3 rings (SSSR count). The van der Waals surface area contributed by atoms with E-state index in [0.29, 0.717) is 5.92 Å². The third-order valence-corrected chi connectivity index (χ3v) is 3.45. The highest BCUT2D eigenvalue weighted by Gasteiger charge is 2.43. The number of ether oxygens (including phenoxy) is 1. The average Bonchev–Trinajstić information content (AvgIpc) is 2.28. The number of piperidine rings is 3. The van der Waals surface area contributed by atoms with E-state index < -0.39 is 0 Å². The van der Waals surface area contributed by atoms with Crippen molar-refractivity contribution < 1.29 is 14.3 Å². The van der Waals surface area contributed by atoms with Crippen LogP contribution in [0.3, 0.4) is 0 Å². The van der Waals surface area contributed by atoms with Gasteiger partial charge in [-0.05, 0) is 25.3 Å². The average molecular weight is 197 g/mol. The van der Waals surface area contributed by atoms with Gasteiger partial charge in [-0.15, -0.1) is 0 Å². The second-order valence-corrected chi connectivity index (χ2v) is 4.12. The Morgan fingerprint density at radius 2 is 2.36 bits per heavy atom. The van der Waals surface area contributed by atoms with E-state index in [1.165, 1.54) is 7.11 Å². The Morgan fingerprint density at radius 1 is 1.57 bits per heavy atom. The van der Waals surface area contributed by atoms with Crippen LogP contribution in [0.5, 0.6) is 0 Å². The lowest BCUT2D eigenvalue weighted by Gasteiger charge is -2.46. The van der Waals surface area contributed by atoms with E-state index in [4.69, 9.17) is 4.74 Å². The molecule has 0 spiro atoms. The minimum absolute atomic E-state index is 0.102. The van der Waals surface area contributed by atoms with Gasteiger partial charge in [0, 0.05) is 12.5 Å². The fraction of sp³-hybridized carbons (Fsp3) is 0.800. The molecular weight excluding hydrogens is 182 g/mol. The summed E-state index contributed by atoms with van der Waals surface area (Å²) in [6.45, 7) is 1.66. The zero-order chi connectivity index (χ0) is 10.1. The molecular formula is C10H15NO3. The third-order valence-electron chi connectivity index (χ3n) is 3.45. The predicted octanol–water partition coefficient (Wildman–Crippen LogP) is 0.0687. The van der Waals surface area contributed by atoms with Crippen molar-refractivity contribution in [3.8, 4) is 0 Å². The van der Waals surface area contributed by atoms with Crippen LogP contribution < -0.4 is 0 Å². The number of fused-ring (bicyclic) bond motifs is 3. The molecule has 4 nitrogen and oxygen atoms in total. The summed E-state index contributed by atoms with van der Waals surface area (Å²) in [5.41, 5.74) is 0. The van der Waals surface area contributed by atoms with Gasteiger partial charge >= 0.3 is 5.97 Å². The van der Waals surface area contributed by atoms with Crippen LogP contribution in [-0.4, -0.2) is 43.4 Å². The second-order valence-electron chi connectivity index (χ2n) is 4.12. The van der Waals surface area contributed by atoms with Crippen LogP contribution in [0.15, 0.2) is 0 Å². The molecule has 0 aromatic carbocycles. The van der Waals surface area contributed by atoms with Crippen molar-refractivity contribution in [2.75, 3.05) is 20.2 Å². The molecule has 0 aromatic rings. The van der Waals surface area contributed by atoms with Crippen molar-refractivity contribution in [3.63, 3.8) is 0 Å². The Labute approximate surface area is 83.2 Å². The molecule has 0 aliphatic carbocycles. The van der Waals surface area contributed by atoms with Crippen LogP contribution in [0.2, 0.25) is 0 Å². The smallest absolute Gasteiger partial charge is 0.323 e. The molecule has 3 heterocycles. The Bertz CT molecular complexity index is 254.